The Morgan fingerprint density at radius 1 is 1.67 bits per heavy atom. The van der Waals surface area contributed by atoms with Crippen molar-refractivity contribution in [1.82, 2.24) is 0 Å². The van der Waals surface area contributed by atoms with Crippen LogP contribution in [0.25, 0.3) is 0 Å². The van der Waals surface area contributed by atoms with Gasteiger partial charge < -0.3 is 0 Å². The van der Waals surface area contributed by atoms with Crippen LogP contribution in [-0.4, -0.2) is 40.6 Å². The van der Waals surface area contributed by atoms with E-state index in [1.54, 1.807) is 0 Å². The normalized spacial score (nSPS) is 12.5. The van der Waals surface area contributed by atoms with Gasteiger partial charge in [-0.3, -0.25) is 0 Å². The molecule has 1 atom stereocenters. The molecule has 34 valence electrons. The Balaban J connectivity index is 0. The molecule has 0 nitrogen and oxygen atoms in total. The molecule has 0 rings (SSSR count). The van der Waals surface area contributed by atoms with Crippen LogP contribution in [0.5, 0.6) is 0 Å². The monoisotopic (exact) mass is 132 g/mol. The number of hydrogen-bond donors (Lipinski definition) is 2. The van der Waals surface area contributed by atoms with E-state index in [-0.39, 0.29) is 29.6 Å². The molecule has 0 aliphatic carbocycles. The average molecular weight is 132 g/mol. The maximum absolute atomic E-state index is 4.02. The van der Waals surface area contributed by atoms with Gasteiger partial charge in [-0.25, -0.2) is 0 Å². The summed E-state index contributed by atoms with van der Waals surface area (Å²) < 4.78 is 0. The second-order valence-corrected chi connectivity index (χ2v) is 2.28. The molecule has 0 aromatic carbocycles. The first-order valence-electron chi connectivity index (χ1n) is 1.56. The van der Waals surface area contributed by atoms with Gasteiger partial charge in [0, 0.05) is 11.0 Å². The van der Waals surface area contributed by atoms with Crippen LogP contribution in [0.2, 0.25) is 0 Å². The summed E-state index contributed by atoms with van der Waals surface area (Å²) >= 11 is 7.96. The Morgan fingerprint density at radius 3 is 1.83 bits per heavy atom. The van der Waals surface area contributed by atoms with Gasteiger partial charge in [0.2, 0.25) is 0 Å². The van der Waals surface area contributed by atoms with Crippen molar-refractivity contribution in [1.29, 1.82) is 0 Å². The molecular weight excluding hydrogens is 123 g/mol. The fourth-order valence-electron chi connectivity index (χ4n) is 0. The number of rotatable bonds is 1. The first-order valence-corrected chi connectivity index (χ1v) is 2.71. The van der Waals surface area contributed by atoms with Crippen LogP contribution >= 0.6 is 25.3 Å². The van der Waals surface area contributed by atoms with Gasteiger partial charge in [0.1, 0.15) is 0 Å². The third kappa shape index (κ3) is 9.20. The molecule has 3 heteroatoms. The van der Waals surface area contributed by atoms with E-state index in [1.807, 2.05) is 6.92 Å². The van der Waals surface area contributed by atoms with Gasteiger partial charge in [-0.2, -0.15) is 25.3 Å². The van der Waals surface area contributed by atoms with Gasteiger partial charge in [-0.05, 0) is 0 Å². The van der Waals surface area contributed by atoms with Crippen LogP contribution in [0, 0.1) is 0 Å². The molecule has 0 spiro atoms. The van der Waals surface area contributed by atoms with Crippen LogP contribution in [-0.2, 0) is 0 Å². The summed E-state index contributed by atoms with van der Waals surface area (Å²) in [5.41, 5.74) is 0. The Morgan fingerprint density at radius 2 is 1.83 bits per heavy atom. The second kappa shape index (κ2) is 6.70. The summed E-state index contributed by atoms with van der Waals surface area (Å²) in [6.07, 6.45) is 0. The zero-order valence-electron chi connectivity index (χ0n) is 3.18. The van der Waals surface area contributed by atoms with E-state index in [4.69, 9.17) is 0 Å². The van der Waals surface area contributed by atoms with Crippen molar-refractivity contribution >= 4 is 54.8 Å². The summed E-state index contributed by atoms with van der Waals surface area (Å²) in [4.78, 5) is 0. The van der Waals surface area contributed by atoms with Gasteiger partial charge in [0.05, 0.1) is 0 Å². The van der Waals surface area contributed by atoms with E-state index in [0.717, 1.165) is 5.75 Å². The molecule has 0 aliphatic heterocycles. The SMILES string of the molecule is CC(S)CS.[NaH]. The molecule has 0 bridgehead atoms. The molecule has 0 radical (unpaired) electrons. The topological polar surface area (TPSA) is 0 Å². The molecule has 0 aromatic rings. The van der Waals surface area contributed by atoms with E-state index in [9.17, 15) is 0 Å². The van der Waals surface area contributed by atoms with Crippen LogP contribution in [0.1, 0.15) is 6.92 Å². The number of hydrogen-bond acceptors (Lipinski definition) is 2. The van der Waals surface area contributed by atoms with Gasteiger partial charge >= 0.3 is 29.6 Å². The molecule has 0 N–H and O–H groups in total. The molecule has 0 amide bonds. The van der Waals surface area contributed by atoms with Gasteiger partial charge in [-0.15, -0.1) is 0 Å². The first-order chi connectivity index (χ1) is 2.27. The van der Waals surface area contributed by atoms with E-state index in [1.165, 1.54) is 0 Å². The van der Waals surface area contributed by atoms with Crippen LogP contribution in [0.15, 0.2) is 0 Å². The van der Waals surface area contributed by atoms with Gasteiger partial charge in [-0.1, -0.05) is 6.92 Å². The molecule has 0 saturated carbocycles. The van der Waals surface area contributed by atoms with Crippen LogP contribution in [0.4, 0.5) is 0 Å². The summed E-state index contributed by atoms with van der Waals surface area (Å²) in [6, 6.07) is 0. The standard InChI is InChI=1S/C3H8S2.Na.H/c1-3(5)2-4;;/h3-5H,2H2,1H3;;. The minimum atomic E-state index is 0. The quantitative estimate of drug-likeness (QED) is 0.378. The Bertz CT molecular complexity index is 22.8. The third-order valence-corrected chi connectivity index (χ3v) is 1.28. The number of thiol groups is 2. The van der Waals surface area contributed by atoms with Crippen molar-refractivity contribution in [2.24, 2.45) is 0 Å². The molecule has 0 fully saturated rings. The zero-order valence-corrected chi connectivity index (χ0v) is 4.97. The molecule has 6 heavy (non-hydrogen) atoms. The van der Waals surface area contributed by atoms with Crippen LogP contribution in [0.3, 0.4) is 0 Å². The fraction of sp³-hybridized carbons (Fsp3) is 1.00. The minimum absolute atomic E-state index is 0. The maximum atomic E-state index is 4.02. The molecular formula is C3H9NaS2. The van der Waals surface area contributed by atoms with Crippen molar-refractivity contribution in [2.75, 3.05) is 5.75 Å². The van der Waals surface area contributed by atoms with E-state index < -0.39 is 0 Å². The molecule has 1 unspecified atom stereocenters. The average Bonchev–Trinajstić information content (AvgIpc) is 1.38. The summed E-state index contributed by atoms with van der Waals surface area (Å²) in [6.45, 7) is 2.01. The molecule has 0 heterocycles. The summed E-state index contributed by atoms with van der Waals surface area (Å²) in [7, 11) is 0. The fourth-order valence-corrected chi connectivity index (χ4v) is 0. The van der Waals surface area contributed by atoms with Gasteiger partial charge in [0.15, 0.2) is 0 Å². The van der Waals surface area contributed by atoms with Crippen molar-refractivity contribution in [3.05, 3.63) is 0 Å². The molecule has 0 aliphatic rings. The summed E-state index contributed by atoms with van der Waals surface area (Å²) in [5.74, 6) is 0.864. The molecule has 0 aromatic heterocycles. The second-order valence-electron chi connectivity index (χ2n) is 1.03. The Labute approximate surface area is 72.2 Å². The van der Waals surface area contributed by atoms with Crippen molar-refractivity contribution in [3.8, 4) is 0 Å². The summed E-state index contributed by atoms with van der Waals surface area (Å²) in [5, 5.41) is 0.443. The van der Waals surface area contributed by atoms with Crippen molar-refractivity contribution in [3.63, 3.8) is 0 Å². The van der Waals surface area contributed by atoms with E-state index in [2.05, 4.69) is 25.3 Å². The van der Waals surface area contributed by atoms with Crippen LogP contribution < -0.4 is 0 Å². The predicted octanol–water partition coefficient (Wildman–Crippen LogP) is 0.586. The Kier molecular flexibility index (Phi) is 11.9. The van der Waals surface area contributed by atoms with Gasteiger partial charge in [0.25, 0.3) is 0 Å². The van der Waals surface area contributed by atoms with Crippen molar-refractivity contribution < 1.29 is 0 Å². The first kappa shape index (κ1) is 10.6. The Hall–Kier alpha value is 1.70. The predicted molar refractivity (Wildman–Crippen MR) is 39.5 cm³/mol. The van der Waals surface area contributed by atoms with E-state index in [0.29, 0.717) is 5.25 Å². The van der Waals surface area contributed by atoms with E-state index >= 15 is 0 Å². The zero-order chi connectivity index (χ0) is 4.28. The third-order valence-electron chi connectivity index (χ3n) is 0.264. The molecule has 0 saturated heterocycles. The van der Waals surface area contributed by atoms with Crippen molar-refractivity contribution in [2.45, 2.75) is 12.2 Å².